The molecule has 0 spiro atoms. The summed E-state index contributed by atoms with van der Waals surface area (Å²) in [5.41, 5.74) is 5.04. The number of nitrogens with zero attached hydrogens (tertiary/aromatic N) is 2. The number of fused-ring (bicyclic) bond motifs is 1. The Kier molecular flexibility index (Phi) is 3.70. The molecule has 4 rings (SSSR count). The number of benzene rings is 1. The first-order chi connectivity index (χ1) is 11.5. The number of halogens is 1. The van der Waals surface area contributed by atoms with Gasteiger partial charge in [0.1, 0.15) is 5.82 Å². The van der Waals surface area contributed by atoms with E-state index in [1.54, 1.807) is 16.0 Å². The minimum absolute atomic E-state index is 0.0121. The van der Waals surface area contributed by atoms with Crippen LogP contribution >= 0.6 is 22.9 Å². The largest absolute Gasteiger partial charge is 0.310 e. The fourth-order valence-corrected chi connectivity index (χ4v) is 4.09. The molecule has 1 amide bonds. The maximum absolute atomic E-state index is 12.3. The number of aryl methyl sites for hydroxylation is 2. The second-order valence-corrected chi connectivity index (χ2v) is 7.24. The van der Waals surface area contributed by atoms with Gasteiger partial charge in [0.15, 0.2) is 0 Å². The van der Waals surface area contributed by atoms with Crippen LogP contribution in [0, 0.1) is 13.8 Å². The normalized spacial score (nSPS) is 16.8. The first-order valence-corrected chi connectivity index (χ1v) is 9.04. The van der Waals surface area contributed by atoms with Crippen LogP contribution in [0.5, 0.6) is 0 Å². The molecule has 0 fully saturated rings. The Morgan fingerprint density at radius 1 is 1.33 bits per heavy atom. The van der Waals surface area contributed by atoms with Gasteiger partial charge in [0.2, 0.25) is 5.91 Å². The summed E-state index contributed by atoms with van der Waals surface area (Å²) in [6, 6.07) is 7.89. The molecule has 24 heavy (non-hydrogen) atoms. The summed E-state index contributed by atoms with van der Waals surface area (Å²) in [5.74, 6) is 0.813. The molecule has 1 aliphatic rings. The van der Waals surface area contributed by atoms with Crippen LogP contribution in [-0.2, 0) is 4.79 Å². The van der Waals surface area contributed by atoms with E-state index in [2.05, 4.69) is 21.9 Å². The van der Waals surface area contributed by atoms with Crippen LogP contribution < -0.4 is 5.32 Å². The van der Waals surface area contributed by atoms with Gasteiger partial charge in [-0.1, -0.05) is 17.7 Å². The van der Waals surface area contributed by atoms with Crippen LogP contribution in [0.15, 0.2) is 35.0 Å². The minimum Gasteiger partial charge on any atom is -0.310 e. The molecule has 1 N–H and O–H groups in total. The number of aromatic nitrogens is 2. The van der Waals surface area contributed by atoms with Crippen molar-refractivity contribution in [3.63, 3.8) is 0 Å². The smallest absolute Gasteiger partial charge is 0.226 e. The number of hydrogen-bond donors (Lipinski definition) is 1. The van der Waals surface area contributed by atoms with Crippen LogP contribution in [0.2, 0.25) is 5.02 Å². The lowest BCUT2D eigenvalue weighted by molar-refractivity contribution is -0.116. The van der Waals surface area contributed by atoms with Crippen LogP contribution in [0.1, 0.15) is 34.7 Å². The summed E-state index contributed by atoms with van der Waals surface area (Å²) in [5, 5.41) is 12.5. The summed E-state index contributed by atoms with van der Waals surface area (Å²) in [6.07, 6.45) is 0.449. The lowest BCUT2D eigenvalue weighted by atomic mass is 9.87. The van der Waals surface area contributed by atoms with Crippen molar-refractivity contribution in [1.82, 2.24) is 9.78 Å². The van der Waals surface area contributed by atoms with E-state index in [-0.39, 0.29) is 11.8 Å². The summed E-state index contributed by atoms with van der Waals surface area (Å²) in [6.45, 7) is 3.95. The van der Waals surface area contributed by atoms with Gasteiger partial charge in [0.25, 0.3) is 0 Å². The minimum atomic E-state index is 0.0121. The molecule has 0 radical (unpaired) electrons. The number of nitrogens with one attached hydrogen (secondary N) is 1. The third kappa shape index (κ3) is 2.44. The maximum Gasteiger partial charge on any atom is 0.226 e. The number of anilines is 1. The summed E-state index contributed by atoms with van der Waals surface area (Å²) >= 11 is 7.91. The van der Waals surface area contributed by atoms with Gasteiger partial charge in [-0.25, -0.2) is 4.68 Å². The molecule has 0 unspecified atom stereocenters. The van der Waals surface area contributed by atoms with E-state index in [0.717, 1.165) is 28.3 Å². The molecule has 122 valence electrons. The summed E-state index contributed by atoms with van der Waals surface area (Å²) in [7, 11) is 0. The van der Waals surface area contributed by atoms with Crippen molar-refractivity contribution in [2.24, 2.45) is 0 Å². The average Bonchev–Trinajstić information content (AvgIpc) is 3.18. The van der Waals surface area contributed by atoms with Gasteiger partial charge in [0, 0.05) is 22.9 Å². The van der Waals surface area contributed by atoms with E-state index in [0.29, 0.717) is 11.4 Å². The monoisotopic (exact) mass is 357 g/mol. The zero-order valence-corrected chi connectivity index (χ0v) is 14.9. The molecule has 4 nitrogen and oxygen atoms in total. The highest BCUT2D eigenvalue weighted by Crippen LogP contribution is 2.40. The molecule has 0 aliphatic carbocycles. The van der Waals surface area contributed by atoms with Crippen molar-refractivity contribution in [3.8, 4) is 5.69 Å². The lowest BCUT2D eigenvalue weighted by Crippen LogP contribution is -2.24. The maximum atomic E-state index is 12.3. The Balaban J connectivity index is 1.89. The fourth-order valence-electron chi connectivity index (χ4n) is 3.21. The topological polar surface area (TPSA) is 46.9 Å². The van der Waals surface area contributed by atoms with E-state index in [1.807, 2.05) is 37.4 Å². The van der Waals surface area contributed by atoms with Crippen LogP contribution in [0.25, 0.3) is 5.69 Å². The van der Waals surface area contributed by atoms with E-state index in [1.165, 1.54) is 5.56 Å². The van der Waals surface area contributed by atoms with Gasteiger partial charge < -0.3 is 5.32 Å². The molecular weight excluding hydrogens is 342 g/mol. The first kappa shape index (κ1) is 15.4. The third-order valence-corrected chi connectivity index (χ3v) is 5.56. The molecule has 3 heterocycles. The third-order valence-electron chi connectivity index (χ3n) is 4.45. The van der Waals surface area contributed by atoms with Crippen molar-refractivity contribution in [2.75, 3.05) is 5.32 Å². The molecule has 1 atom stereocenters. The number of amides is 1. The average molecular weight is 358 g/mol. The van der Waals surface area contributed by atoms with Gasteiger partial charge in [-0.3, -0.25) is 4.79 Å². The van der Waals surface area contributed by atoms with Crippen molar-refractivity contribution in [3.05, 3.63) is 62.4 Å². The molecule has 3 aromatic rings. The summed E-state index contributed by atoms with van der Waals surface area (Å²) < 4.78 is 1.78. The Labute approximate surface area is 149 Å². The van der Waals surface area contributed by atoms with Crippen molar-refractivity contribution < 1.29 is 4.79 Å². The molecule has 1 aliphatic heterocycles. The molecule has 0 saturated carbocycles. The molecule has 6 heteroatoms. The van der Waals surface area contributed by atoms with E-state index in [9.17, 15) is 4.79 Å². The van der Waals surface area contributed by atoms with Gasteiger partial charge in [-0.05, 0) is 53.9 Å². The second-order valence-electron chi connectivity index (χ2n) is 6.05. The molecule has 0 saturated heterocycles. The van der Waals surface area contributed by atoms with Gasteiger partial charge in [-0.15, -0.1) is 0 Å². The number of carbonyl (C=O) groups is 1. The Bertz CT molecular complexity index is 930. The van der Waals surface area contributed by atoms with Crippen molar-refractivity contribution >= 4 is 34.7 Å². The Morgan fingerprint density at radius 3 is 2.88 bits per heavy atom. The predicted molar refractivity (Wildman–Crippen MR) is 97.5 cm³/mol. The highest BCUT2D eigenvalue weighted by atomic mass is 35.5. The highest BCUT2D eigenvalue weighted by molar-refractivity contribution is 7.08. The van der Waals surface area contributed by atoms with E-state index < -0.39 is 0 Å². The van der Waals surface area contributed by atoms with Crippen LogP contribution in [0.4, 0.5) is 5.82 Å². The van der Waals surface area contributed by atoms with Gasteiger partial charge in [-0.2, -0.15) is 16.4 Å². The van der Waals surface area contributed by atoms with Crippen molar-refractivity contribution in [1.29, 1.82) is 0 Å². The quantitative estimate of drug-likeness (QED) is 0.724. The molecule has 2 aromatic heterocycles. The summed E-state index contributed by atoms with van der Waals surface area (Å²) in [4.78, 5) is 12.3. The molecule has 0 bridgehead atoms. The van der Waals surface area contributed by atoms with Crippen LogP contribution in [-0.4, -0.2) is 15.7 Å². The van der Waals surface area contributed by atoms with Gasteiger partial charge in [0.05, 0.1) is 11.4 Å². The second kappa shape index (κ2) is 5.76. The standard InChI is InChI=1S/C18H16ClN3OS/c1-10-3-4-13(7-15(10)19)22-18-17(11(2)21-22)14(8-16(23)20-18)12-5-6-24-9-12/h3-7,9,14H,8H2,1-2H3,(H,20,23)/t14-/m0/s1. The lowest BCUT2D eigenvalue weighted by Gasteiger charge is -2.23. The van der Waals surface area contributed by atoms with E-state index >= 15 is 0 Å². The van der Waals surface area contributed by atoms with Gasteiger partial charge >= 0.3 is 0 Å². The molecular formula is C18H16ClN3OS. The Hall–Kier alpha value is -2.11. The van der Waals surface area contributed by atoms with Crippen LogP contribution in [0.3, 0.4) is 0 Å². The molecule has 1 aromatic carbocycles. The SMILES string of the molecule is Cc1ccc(-n2nc(C)c3c2NC(=O)C[C@H]3c2ccsc2)cc1Cl. The number of rotatable bonds is 2. The van der Waals surface area contributed by atoms with Crippen molar-refractivity contribution in [2.45, 2.75) is 26.2 Å². The number of thiophene rings is 1. The number of carbonyl (C=O) groups excluding carboxylic acids is 1. The number of hydrogen-bond acceptors (Lipinski definition) is 3. The zero-order valence-electron chi connectivity index (χ0n) is 13.3. The highest BCUT2D eigenvalue weighted by Gasteiger charge is 2.32. The Morgan fingerprint density at radius 2 is 2.17 bits per heavy atom. The van der Waals surface area contributed by atoms with E-state index in [4.69, 9.17) is 11.6 Å². The predicted octanol–water partition coefficient (Wildman–Crippen LogP) is 4.68. The zero-order chi connectivity index (χ0) is 16.8. The first-order valence-electron chi connectivity index (χ1n) is 7.72. The fraction of sp³-hybridized carbons (Fsp3) is 0.222.